The summed E-state index contributed by atoms with van der Waals surface area (Å²) in [6.45, 7) is 1.69. The average molecular weight is 496 g/mol. The van der Waals surface area contributed by atoms with E-state index in [0.717, 1.165) is 46.1 Å². The maximum absolute atomic E-state index is 12.9. The molecule has 1 aliphatic rings. The topological polar surface area (TPSA) is 77.0 Å². The highest BCUT2D eigenvalue weighted by Crippen LogP contribution is 2.26. The lowest BCUT2D eigenvalue weighted by Crippen LogP contribution is -2.27. The van der Waals surface area contributed by atoms with E-state index in [1.54, 1.807) is 29.8 Å². The van der Waals surface area contributed by atoms with Gasteiger partial charge in [0, 0.05) is 18.5 Å². The predicted octanol–water partition coefficient (Wildman–Crippen LogP) is 4.88. The van der Waals surface area contributed by atoms with E-state index in [4.69, 9.17) is 14.1 Å². The number of ether oxygens (including phenoxy) is 1. The van der Waals surface area contributed by atoms with Gasteiger partial charge in [0.15, 0.2) is 4.80 Å². The van der Waals surface area contributed by atoms with Crippen LogP contribution in [0.5, 0.6) is 5.75 Å². The molecule has 0 atom stereocenters. The molecule has 1 aliphatic heterocycles. The Hall–Kier alpha value is -3.14. The molecule has 2 aromatic heterocycles. The number of furan rings is 1. The molecule has 1 fully saturated rings. The highest BCUT2D eigenvalue weighted by Gasteiger charge is 2.27. The van der Waals surface area contributed by atoms with Crippen LogP contribution in [0.2, 0.25) is 0 Å². The molecule has 34 heavy (non-hydrogen) atoms. The van der Waals surface area contributed by atoms with Crippen LogP contribution in [0.1, 0.15) is 18.6 Å². The number of benzene rings is 2. The molecule has 7 nitrogen and oxygen atoms in total. The molecule has 5 rings (SSSR count). The van der Waals surface area contributed by atoms with Gasteiger partial charge >= 0.3 is 0 Å². The highest BCUT2D eigenvalue weighted by atomic mass is 32.2. The first-order valence-electron chi connectivity index (χ1n) is 11.0. The van der Waals surface area contributed by atoms with Gasteiger partial charge in [0.05, 0.1) is 36.2 Å². The lowest BCUT2D eigenvalue weighted by atomic mass is 10.2. The van der Waals surface area contributed by atoms with Crippen LogP contribution < -0.4 is 9.54 Å². The van der Waals surface area contributed by atoms with Crippen LogP contribution in [0.15, 0.2) is 86.6 Å². The number of methoxy groups -OCH3 is 1. The van der Waals surface area contributed by atoms with Crippen molar-refractivity contribution >= 4 is 27.0 Å². The Balaban J connectivity index is 1.52. The van der Waals surface area contributed by atoms with E-state index < -0.39 is 10.0 Å². The van der Waals surface area contributed by atoms with Crippen LogP contribution in [-0.2, 0) is 16.6 Å². The van der Waals surface area contributed by atoms with E-state index in [1.807, 2.05) is 53.9 Å². The van der Waals surface area contributed by atoms with Gasteiger partial charge in [-0.3, -0.25) is 0 Å². The highest BCUT2D eigenvalue weighted by molar-refractivity contribution is 7.89. The summed E-state index contributed by atoms with van der Waals surface area (Å²) < 4.78 is 40.3. The van der Waals surface area contributed by atoms with Crippen molar-refractivity contribution in [1.29, 1.82) is 0 Å². The summed E-state index contributed by atoms with van der Waals surface area (Å²) >= 11 is 1.52. The summed E-state index contributed by atoms with van der Waals surface area (Å²) in [4.78, 5) is 5.97. The third-order valence-electron chi connectivity index (χ3n) is 5.84. The fraction of sp³-hybridized carbons (Fsp3) is 0.240. The molecule has 0 N–H and O–H groups in total. The Labute approximate surface area is 202 Å². The summed E-state index contributed by atoms with van der Waals surface area (Å²) in [6.07, 6.45) is 3.49. The first-order valence-corrected chi connectivity index (χ1v) is 13.4. The summed E-state index contributed by atoms with van der Waals surface area (Å²) in [6, 6.07) is 18.5. The van der Waals surface area contributed by atoms with Crippen LogP contribution in [0, 0.1) is 0 Å². The second kappa shape index (κ2) is 9.61. The van der Waals surface area contributed by atoms with Crippen molar-refractivity contribution in [3.05, 3.63) is 82.9 Å². The maximum atomic E-state index is 12.9. The number of nitrogens with zero attached hydrogens (tertiary/aromatic N) is 3. The van der Waals surface area contributed by atoms with Gasteiger partial charge in [0.2, 0.25) is 10.0 Å². The summed E-state index contributed by atoms with van der Waals surface area (Å²) in [5, 5.41) is 2.04. The fourth-order valence-electron chi connectivity index (χ4n) is 4.00. The van der Waals surface area contributed by atoms with Crippen LogP contribution in [0.3, 0.4) is 0 Å². The standard InChI is InChI=1S/C25H25N3O4S2/c1-31-21-10-8-20(9-11-21)26-25-28(17-22-5-4-16-32-22)24(18-33-25)19-6-12-23(13-7-19)34(29,30)27-14-2-3-15-27/h4-13,16,18H,2-3,14-15,17H2,1H3. The Bertz CT molecular complexity index is 1410. The monoisotopic (exact) mass is 495 g/mol. The Morgan fingerprint density at radius 2 is 1.76 bits per heavy atom. The molecule has 4 aromatic rings. The summed E-state index contributed by atoms with van der Waals surface area (Å²) in [5.74, 6) is 1.59. The number of thiazole rings is 1. The van der Waals surface area contributed by atoms with Crippen molar-refractivity contribution in [3.8, 4) is 17.0 Å². The molecule has 1 saturated heterocycles. The van der Waals surface area contributed by atoms with Crippen molar-refractivity contribution in [2.75, 3.05) is 20.2 Å². The molecule has 0 amide bonds. The van der Waals surface area contributed by atoms with E-state index in [0.29, 0.717) is 24.5 Å². The van der Waals surface area contributed by atoms with Gasteiger partial charge in [-0.25, -0.2) is 13.4 Å². The Morgan fingerprint density at radius 3 is 2.41 bits per heavy atom. The zero-order valence-corrected chi connectivity index (χ0v) is 20.4. The van der Waals surface area contributed by atoms with Gasteiger partial charge in [0.25, 0.3) is 0 Å². The lowest BCUT2D eigenvalue weighted by molar-refractivity contribution is 0.415. The van der Waals surface area contributed by atoms with Crippen LogP contribution >= 0.6 is 11.3 Å². The van der Waals surface area contributed by atoms with Gasteiger partial charge in [-0.15, -0.1) is 11.3 Å². The van der Waals surface area contributed by atoms with E-state index in [2.05, 4.69) is 4.57 Å². The first kappa shape index (κ1) is 22.6. The molecule has 0 spiro atoms. The van der Waals surface area contributed by atoms with Crippen molar-refractivity contribution in [3.63, 3.8) is 0 Å². The van der Waals surface area contributed by atoms with Gasteiger partial charge in [0.1, 0.15) is 11.5 Å². The maximum Gasteiger partial charge on any atom is 0.243 e. The zero-order chi connectivity index (χ0) is 23.5. The third kappa shape index (κ3) is 4.59. The number of sulfonamides is 1. The molecule has 3 heterocycles. The van der Waals surface area contributed by atoms with Crippen molar-refractivity contribution < 1.29 is 17.6 Å². The quantitative estimate of drug-likeness (QED) is 0.366. The number of hydrogen-bond donors (Lipinski definition) is 0. The van der Waals surface area contributed by atoms with Gasteiger partial charge in [-0.1, -0.05) is 12.1 Å². The normalized spacial score (nSPS) is 15.1. The smallest absolute Gasteiger partial charge is 0.243 e. The number of hydrogen-bond acceptors (Lipinski definition) is 6. The molecular weight excluding hydrogens is 470 g/mol. The minimum Gasteiger partial charge on any atom is -0.497 e. The zero-order valence-electron chi connectivity index (χ0n) is 18.8. The molecule has 0 saturated carbocycles. The Morgan fingerprint density at radius 1 is 1.03 bits per heavy atom. The molecule has 0 radical (unpaired) electrons. The summed E-state index contributed by atoms with van der Waals surface area (Å²) in [7, 11) is -1.81. The van der Waals surface area contributed by atoms with Crippen molar-refractivity contribution in [1.82, 2.24) is 8.87 Å². The second-order valence-electron chi connectivity index (χ2n) is 8.01. The first-order chi connectivity index (χ1) is 16.5. The van der Waals surface area contributed by atoms with Gasteiger partial charge < -0.3 is 13.7 Å². The predicted molar refractivity (Wildman–Crippen MR) is 132 cm³/mol. The van der Waals surface area contributed by atoms with Crippen LogP contribution in [-0.4, -0.2) is 37.5 Å². The van der Waals surface area contributed by atoms with E-state index in [1.165, 1.54) is 11.3 Å². The number of aromatic nitrogens is 1. The number of rotatable bonds is 7. The average Bonchev–Trinajstić information content (AvgIpc) is 3.64. The van der Waals surface area contributed by atoms with E-state index in [9.17, 15) is 8.42 Å². The van der Waals surface area contributed by atoms with E-state index in [-0.39, 0.29) is 0 Å². The van der Waals surface area contributed by atoms with E-state index >= 15 is 0 Å². The van der Waals surface area contributed by atoms with Gasteiger partial charge in [-0.2, -0.15) is 4.31 Å². The van der Waals surface area contributed by atoms with Gasteiger partial charge in [-0.05, 0) is 66.9 Å². The molecule has 0 unspecified atom stereocenters. The minimum absolute atomic E-state index is 0.328. The molecule has 0 bridgehead atoms. The summed E-state index contributed by atoms with van der Waals surface area (Å²) in [5.41, 5.74) is 2.67. The Kier molecular flexibility index (Phi) is 6.40. The van der Waals surface area contributed by atoms with Crippen LogP contribution in [0.25, 0.3) is 11.3 Å². The lowest BCUT2D eigenvalue weighted by Gasteiger charge is -2.15. The molecule has 0 aliphatic carbocycles. The molecule has 176 valence electrons. The second-order valence-corrected chi connectivity index (χ2v) is 10.8. The third-order valence-corrected chi connectivity index (χ3v) is 8.62. The minimum atomic E-state index is -3.44. The molecule has 2 aromatic carbocycles. The molecular formula is C25H25N3O4S2. The SMILES string of the molecule is COc1ccc(N=c2scc(-c3ccc(S(=O)(=O)N4CCCC4)cc3)n2Cc2ccco2)cc1. The van der Waals surface area contributed by atoms with Crippen molar-refractivity contribution in [2.24, 2.45) is 4.99 Å². The van der Waals surface area contributed by atoms with Crippen LogP contribution in [0.4, 0.5) is 5.69 Å². The van der Waals surface area contributed by atoms with Crippen molar-refractivity contribution in [2.45, 2.75) is 24.3 Å². The fourth-order valence-corrected chi connectivity index (χ4v) is 6.45. The molecule has 9 heteroatoms. The largest absolute Gasteiger partial charge is 0.497 e.